The Morgan fingerprint density at radius 1 is 1.14 bits per heavy atom. The first kappa shape index (κ1) is 17.6. The highest BCUT2D eigenvalue weighted by Crippen LogP contribution is 2.01. The topological polar surface area (TPSA) is 48.0 Å². The number of carbonyl (C=O) groups is 1. The maximum atomic E-state index is 11.9. The molecule has 0 saturated heterocycles. The van der Waals surface area contributed by atoms with Gasteiger partial charge in [-0.1, -0.05) is 30.3 Å². The molecule has 118 valence electrons. The first-order chi connectivity index (χ1) is 10.2. The fourth-order valence-electron chi connectivity index (χ4n) is 1.86. The molecule has 0 aromatic heterocycles. The van der Waals surface area contributed by atoms with Crippen molar-refractivity contribution in [1.82, 2.24) is 4.90 Å². The molecule has 1 rings (SSSR count). The first-order valence-electron chi connectivity index (χ1n) is 7.08. The average molecular weight is 295 g/mol. The summed E-state index contributed by atoms with van der Waals surface area (Å²) in [5, 5.41) is 0. The van der Waals surface area contributed by atoms with Crippen LogP contribution in [-0.4, -0.2) is 58.1 Å². The maximum absolute atomic E-state index is 11.9. The molecular weight excluding hydrogens is 270 g/mol. The molecule has 5 nitrogen and oxygen atoms in total. The van der Waals surface area contributed by atoms with Crippen molar-refractivity contribution in [2.45, 2.75) is 19.1 Å². The van der Waals surface area contributed by atoms with E-state index in [9.17, 15) is 4.79 Å². The smallest absolute Gasteiger partial charge is 0.224 e. The molecule has 1 aromatic carbocycles. The standard InChI is InChI=1S/C16H25NO4/c1-17(13-16(19-2)20-3)15(18)10-12-21-11-9-14-7-5-4-6-8-14/h4-8,16H,9-13H2,1-3H3. The first-order valence-corrected chi connectivity index (χ1v) is 7.08. The van der Waals surface area contributed by atoms with Crippen LogP contribution in [0, 0.1) is 0 Å². The Morgan fingerprint density at radius 2 is 1.81 bits per heavy atom. The van der Waals surface area contributed by atoms with E-state index in [0.717, 1.165) is 6.42 Å². The van der Waals surface area contributed by atoms with Crippen LogP contribution in [0.2, 0.25) is 0 Å². The number of carbonyl (C=O) groups excluding carboxylic acids is 1. The van der Waals surface area contributed by atoms with Gasteiger partial charge in [-0.05, 0) is 12.0 Å². The highest BCUT2D eigenvalue weighted by Gasteiger charge is 2.14. The number of benzene rings is 1. The minimum absolute atomic E-state index is 0.0220. The molecule has 5 heteroatoms. The van der Waals surface area contributed by atoms with E-state index in [1.165, 1.54) is 5.56 Å². The number of rotatable bonds is 10. The third kappa shape index (κ3) is 7.22. The van der Waals surface area contributed by atoms with Crippen molar-refractivity contribution >= 4 is 5.91 Å². The van der Waals surface area contributed by atoms with Gasteiger partial charge in [0.15, 0.2) is 6.29 Å². The SMILES string of the molecule is COC(CN(C)C(=O)CCOCCc1ccccc1)OC. The Bertz CT molecular complexity index is 393. The molecule has 1 amide bonds. The van der Waals surface area contributed by atoms with E-state index in [1.807, 2.05) is 18.2 Å². The number of amides is 1. The van der Waals surface area contributed by atoms with Gasteiger partial charge in [-0.3, -0.25) is 4.79 Å². The van der Waals surface area contributed by atoms with E-state index in [0.29, 0.717) is 26.2 Å². The number of nitrogens with zero attached hydrogens (tertiary/aromatic N) is 1. The Labute approximate surface area is 126 Å². The van der Waals surface area contributed by atoms with Gasteiger partial charge in [0, 0.05) is 21.3 Å². The lowest BCUT2D eigenvalue weighted by molar-refractivity contribution is -0.143. The minimum atomic E-state index is -0.391. The van der Waals surface area contributed by atoms with Gasteiger partial charge in [0.1, 0.15) is 0 Å². The number of hydrogen-bond acceptors (Lipinski definition) is 4. The van der Waals surface area contributed by atoms with Gasteiger partial charge in [-0.15, -0.1) is 0 Å². The van der Waals surface area contributed by atoms with Crippen LogP contribution in [-0.2, 0) is 25.4 Å². The van der Waals surface area contributed by atoms with Crippen molar-refractivity contribution in [2.24, 2.45) is 0 Å². The zero-order valence-corrected chi connectivity index (χ0v) is 13.1. The molecule has 21 heavy (non-hydrogen) atoms. The van der Waals surface area contributed by atoms with Crippen molar-refractivity contribution in [1.29, 1.82) is 0 Å². The lowest BCUT2D eigenvalue weighted by atomic mass is 10.2. The molecule has 0 fully saturated rings. The molecule has 0 aliphatic carbocycles. The summed E-state index contributed by atoms with van der Waals surface area (Å²) in [5.74, 6) is 0.0220. The number of methoxy groups -OCH3 is 2. The number of ether oxygens (including phenoxy) is 3. The zero-order valence-electron chi connectivity index (χ0n) is 13.1. The van der Waals surface area contributed by atoms with Crippen molar-refractivity contribution < 1.29 is 19.0 Å². The summed E-state index contributed by atoms with van der Waals surface area (Å²) in [5.41, 5.74) is 1.24. The van der Waals surface area contributed by atoms with E-state index in [2.05, 4.69) is 12.1 Å². The Hall–Kier alpha value is -1.43. The van der Waals surface area contributed by atoms with E-state index >= 15 is 0 Å². The molecule has 0 heterocycles. The van der Waals surface area contributed by atoms with Gasteiger partial charge < -0.3 is 19.1 Å². The summed E-state index contributed by atoms with van der Waals surface area (Å²) < 4.78 is 15.6. The molecule has 0 unspecified atom stereocenters. The summed E-state index contributed by atoms with van der Waals surface area (Å²) in [6.07, 6.45) is 0.837. The molecule has 0 saturated carbocycles. The summed E-state index contributed by atoms with van der Waals surface area (Å²) in [6, 6.07) is 10.1. The molecular formula is C16H25NO4. The predicted octanol–water partition coefficient (Wildman–Crippen LogP) is 1.71. The van der Waals surface area contributed by atoms with Crippen LogP contribution in [0.15, 0.2) is 30.3 Å². The van der Waals surface area contributed by atoms with Gasteiger partial charge in [0.2, 0.25) is 5.91 Å². The molecule has 0 aliphatic rings. The molecule has 0 atom stereocenters. The molecule has 0 aliphatic heterocycles. The molecule has 0 bridgehead atoms. The Kier molecular flexibility index (Phi) is 8.66. The van der Waals surface area contributed by atoms with E-state index in [4.69, 9.17) is 14.2 Å². The fourth-order valence-corrected chi connectivity index (χ4v) is 1.86. The zero-order chi connectivity index (χ0) is 15.5. The predicted molar refractivity (Wildman–Crippen MR) is 81.0 cm³/mol. The number of likely N-dealkylation sites (N-methyl/N-ethyl adjacent to an activating group) is 1. The van der Waals surface area contributed by atoms with Crippen molar-refractivity contribution in [3.8, 4) is 0 Å². The van der Waals surface area contributed by atoms with Gasteiger partial charge in [-0.2, -0.15) is 0 Å². The lowest BCUT2D eigenvalue weighted by Gasteiger charge is -2.22. The van der Waals surface area contributed by atoms with E-state index in [-0.39, 0.29) is 5.91 Å². The summed E-state index contributed by atoms with van der Waals surface area (Å²) in [6.45, 7) is 1.47. The maximum Gasteiger partial charge on any atom is 0.224 e. The second-order valence-corrected chi connectivity index (χ2v) is 4.77. The monoisotopic (exact) mass is 295 g/mol. The van der Waals surface area contributed by atoms with E-state index < -0.39 is 6.29 Å². The van der Waals surface area contributed by atoms with Crippen LogP contribution >= 0.6 is 0 Å². The second-order valence-electron chi connectivity index (χ2n) is 4.77. The summed E-state index contributed by atoms with van der Waals surface area (Å²) in [7, 11) is 4.84. The third-order valence-electron chi connectivity index (χ3n) is 3.21. The van der Waals surface area contributed by atoms with Gasteiger partial charge in [0.05, 0.1) is 26.2 Å². The van der Waals surface area contributed by atoms with Gasteiger partial charge in [-0.25, -0.2) is 0 Å². The lowest BCUT2D eigenvalue weighted by Crippen LogP contribution is -2.36. The van der Waals surface area contributed by atoms with E-state index in [1.54, 1.807) is 26.2 Å². The van der Waals surface area contributed by atoms with Crippen molar-refractivity contribution in [2.75, 3.05) is 41.0 Å². The van der Waals surface area contributed by atoms with Crippen molar-refractivity contribution in [3.05, 3.63) is 35.9 Å². The quantitative estimate of drug-likeness (QED) is 0.487. The Balaban J connectivity index is 2.12. The molecule has 1 aromatic rings. The van der Waals surface area contributed by atoms with Crippen LogP contribution in [0.25, 0.3) is 0 Å². The molecule has 0 spiro atoms. The Morgan fingerprint density at radius 3 is 2.43 bits per heavy atom. The fraction of sp³-hybridized carbons (Fsp3) is 0.562. The third-order valence-corrected chi connectivity index (χ3v) is 3.21. The largest absolute Gasteiger partial charge is 0.381 e. The van der Waals surface area contributed by atoms with Crippen LogP contribution < -0.4 is 0 Å². The summed E-state index contributed by atoms with van der Waals surface area (Å²) >= 11 is 0. The van der Waals surface area contributed by atoms with Crippen LogP contribution in [0.1, 0.15) is 12.0 Å². The van der Waals surface area contributed by atoms with Gasteiger partial charge in [0.25, 0.3) is 0 Å². The highest BCUT2D eigenvalue weighted by atomic mass is 16.7. The molecule has 0 N–H and O–H groups in total. The van der Waals surface area contributed by atoms with Crippen LogP contribution in [0.3, 0.4) is 0 Å². The van der Waals surface area contributed by atoms with Crippen LogP contribution in [0.4, 0.5) is 0 Å². The molecule has 0 radical (unpaired) electrons. The highest BCUT2D eigenvalue weighted by molar-refractivity contribution is 5.75. The normalized spacial score (nSPS) is 10.9. The minimum Gasteiger partial charge on any atom is -0.381 e. The van der Waals surface area contributed by atoms with Crippen molar-refractivity contribution in [3.63, 3.8) is 0 Å². The summed E-state index contributed by atoms with van der Waals surface area (Å²) in [4.78, 5) is 13.5. The second kappa shape index (κ2) is 10.3. The average Bonchev–Trinajstić information content (AvgIpc) is 2.52. The van der Waals surface area contributed by atoms with Crippen LogP contribution in [0.5, 0.6) is 0 Å². The number of hydrogen-bond donors (Lipinski definition) is 0. The van der Waals surface area contributed by atoms with Gasteiger partial charge >= 0.3 is 0 Å².